The van der Waals surface area contributed by atoms with Crippen molar-refractivity contribution < 1.29 is 4.79 Å². The van der Waals surface area contributed by atoms with E-state index < -0.39 is 0 Å². The summed E-state index contributed by atoms with van der Waals surface area (Å²) in [7, 11) is 0. The van der Waals surface area contributed by atoms with Crippen LogP contribution < -0.4 is 5.73 Å². The van der Waals surface area contributed by atoms with E-state index in [1.165, 1.54) is 38.5 Å². The van der Waals surface area contributed by atoms with Crippen molar-refractivity contribution in [3.8, 4) is 0 Å². The lowest BCUT2D eigenvalue weighted by atomic mass is 9.97. The van der Waals surface area contributed by atoms with Crippen LogP contribution in [0.2, 0.25) is 0 Å². The van der Waals surface area contributed by atoms with E-state index in [1.807, 2.05) is 0 Å². The summed E-state index contributed by atoms with van der Waals surface area (Å²) in [4.78, 5) is 11.9. The first-order valence-corrected chi connectivity index (χ1v) is 7.52. The molecule has 1 rings (SSSR count). The molecule has 0 aromatic carbocycles. The molecule has 0 saturated heterocycles. The van der Waals surface area contributed by atoms with Gasteiger partial charge < -0.3 is 5.73 Å². The molecule has 17 heavy (non-hydrogen) atoms. The molecule has 1 saturated carbocycles. The van der Waals surface area contributed by atoms with Crippen molar-refractivity contribution in [1.29, 1.82) is 0 Å². The molecule has 100 valence electrons. The van der Waals surface area contributed by atoms with Gasteiger partial charge in [-0.1, -0.05) is 45.4 Å². The minimum atomic E-state index is 0.290. The molecule has 2 heteroatoms. The topological polar surface area (TPSA) is 43.1 Å². The fraction of sp³-hybridized carbons (Fsp3) is 0.933. The van der Waals surface area contributed by atoms with E-state index in [0.717, 1.165) is 32.1 Å². The fourth-order valence-corrected chi connectivity index (χ4v) is 2.77. The van der Waals surface area contributed by atoms with Crippen molar-refractivity contribution in [3.63, 3.8) is 0 Å². The van der Waals surface area contributed by atoms with Crippen LogP contribution in [0.15, 0.2) is 0 Å². The summed E-state index contributed by atoms with van der Waals surface area (Å²) in [5.41, 5.74) is 5.83. The van der Waals surface area contributed by atoms with E-state index in [-0.39, 0.29) is 6.04 Å². The third kappa shape index (κ3) is 6.21. The zero-order valence-corrected chi connectivity index (χ0v) is 11.4. The number of rotatable bonds is 9. The standard InChI is InChI=1S/C15H29NO/c1-2-3-4-5-6-7-8-9-15(17)13-10-11-14(16)12-13/h13-14H,2-12,16H2,1H3. The second-order valence-corrected chi connectivity index (χ2v) is 5.61. The van der Waals surface area contributed by atoms with Gasteiger partial charge in [-0.05, 0) is 25.7 Å². The van der Waals surface area contributed by atoms with Crippen molar-refractivity contribution in [1.82, 2.24) is 0 Å². The molecule has 2 atom stereocenters. The Morgan fingerprint density at radius 3 is 2.29 bits per heavy atom. The van der Waals surface area contributed by atoms with Crippen LogP contribution >= 0.6 is 0 Å². The van der Waals surface area contributed by atoms with E-state index in [2.05, 4.69) is 6.92 Å². The molecule has 0 amide bonds. The number of Topliss-reactive ketones (excluding diaryl/α,β-unsaturated/α-hetero) is 1. The first-order chi connectivity index (χ1) is 8.24. The van der Waals surface area contributed by atoms with E-state index >= 15 is 0 Å². The van der Waals surface area contributed by atoms with Crippen LogP contribution in [0.5, 0.6) is 0 Å². The van der Waals surface area contributed by atoms with Gasteiger partial charge >= 0.3 is 0 Å². The van der Waals surface area contributed by atoms with E-state index in [9.17, 15) is 4.79 Å². The zero-order valence-electron chi connectivity index (χ0n) is 11.4. The summed E-state index contributed by atoms with van der Waals surface area (Å²) in [5, 5.41) is 0. The lowest BCUT2D eigenvalue weighted by Crippen LogP contribution is -2.17. The molecule has 0 aliphatic heterocycles. The highest BCUT2D eigenvalue weighted by Gasteiger charge is 2.26. The van der Waals surface area contributed by atoms with Gasteiger partial charge in [0.1, 0.15) is 5.78 Å². The molecule has 0 radical (unpaired) electrons. The lowest BCUT2D eigenvalue weighted by Gasteiger charge is -2.08. The number of unbranched alkanes of at least 4 members (excludes halogenated alkanes) is 6. The Balaban J connectivity index is 1.93. The molecule has 1 fully saturated rings. The van der Waals surface area contributed by atoms with Crippen molar-refractivity contribution in [2.45, 2.75) is 83.6 Å². The normalized spacial score (nSPS) is 24.1. The van der Waals surface area contributed by atoms with E-state index in [4.69, 9.17) is 5.73 Å². The molecule has 2 nitrogen and oxygen atoms in total. The van der Waals surface area contributed by atoms with Gasteiger partial charge in [-0.25, -0.2) is 0 Å². The maximum Gasteiger partial charge on any atom is 0.136 e. The molecule has 0 bridgehead atoms. The molecular formula is C15H29NO. The number of hydrogen-bond acceptors (Lipinski definition) is 2. The summed E-state index contributed by atoms with van der Waals surface area (Å²) < 4.78 is 0. The molecule has 0 aromatic rings. The summed E-state index contributed by atoms with van der Waals surface area (Å²) in [5.74, 6) is 0.775. The third-order valence-electron chi connectivity index (χ3n) is 3.96. The fourth-order valence-electron chi connectivity index (χ4n) is 2.77. The number of ketones is 1. The van der Waals surface area contributed by atoms with Crippen molar-refractivity contribution in [2.24, 2.45) is 11.7 Å². The van der Waals surface area contributed by atoms with Crippen LogP contribution in [0, 0.1) is 5.92 Å². The SMILES string of the molecule is CCCCCCCCCC(=O)C1CCC(N)C1. The average Bonchev–Trinajstić information content (AvgIpc) is 2.74. The highest BCUT2D eigenvalue weighted by atomic mass is 16.1. The van der Waals surface area contributed by atoms with Crippen molar-refractivity contribution >= 4 is 5.78 Å². The van der Waals surface area contributed by atoms with Crippen molar-refractivity contribution in [2.75, 3.05) is 0 Å². The van der Waals surface area contributed by atoms with Gasteiger partial charge in [0.05, 0.1) is 0 Å². The Kier molecular flexibility index (Phi) is 7.50. The van der Waals surface area contributed by atoms with Crippen LogP contribution in [0.3, 0.4) is 0 Å². The Labute approximate surface area is 106 Å². The summed E-state index contributed by atoms with van der Waals surface area (Å²) >= 11 is 0. The number of hydrogen-bond donors (Lipinski definition) is 1. The highest BCUT2D eigenvalue weighted by Crippen LogP contribution is 2.26. The van der Waals surface area contributed by atoms with Crippen LogP contribution in [0.25, 0.3) is 0 Å². The smallest absolute Gasteiger partial charge is 0.136 e. The Morgan fingerprint density at radius 2 is 1.71 bits per heavy atom. The third-order valence-corrected chi connectivity index (χ3v) is 3.96. The first-order valence-electron chi connectivity index (χ1n) is 7.52. The molecule has 1 aliphatic rings. The lowest BCUT2D eigenvalue weighted by molar-refractivity contribution is -0.122. The predicted molar refractivity (Wildman–Crippen MR) is 72.9 cm³/mol. The predicted octanol–water partition coefficient (Wildman–Crippen LogP) is 3.82. The Morgan fingerprint density at radius 1 is 1.06 bits per heavy atom. The molecule has 1 aliphatic carbocycles. The van der Waals surface area contributed by atoms with Gasteiger partial charge in [0.2, 0.25) is 0 Å². The van der Waals surface area contributed by atoms with Crippen LogP contribution in [0.1, 0.15) is 77.6 Å². The quantitative estimate of drug-likeness (QED) is 0.621. The molecular weight excluding hydrogens is 210 g/mol. The minimum Gasteiger partial charge on any atom is -0.328 e. The Bertz CT molecular complexity index is 215. The maximum atomic E-state index is 11.9. The van der Waals surface area contributed by atoms with Crippen LogP contribution in [-0.4, -0.2) is 11.8 Å². The summed E-state index contributed by atoms with van der Waals surface area (Å²) in [6.45, 7) is 2.24. The zero-order chi connectivity index (χ0) is 12.5. The van der Waals surface area contributed by atoms with E-state index in [0.29, 0.717) is 11.7 Å². The average molecular weight is 239 g/mol. The maximum absolute atomic E-state index is 11.9. The molecule has 2 N–H and O–H groups in total. The van der Waals surface area contributed by atoms with Gasteiger partial charge in [-0.15, -0.1) is 0 Å². The van der Waals surface area contributed by atoms with Gasteiger partial charge in [-0.3, -0.25) is 4.79 Å². The molecule has 0 spiro atoms. The molecule has 0 heterocycles. The van der Waals surface area contributed by atoms with Crippen LogP contribution in [-0.2, 0) is 4.79 Å². The van der Waals surface area contributed by atoms with E-state index in [1.54, 1.807) is 0 Å². The van der Waals surface area contributed by atoms with Crippen LogP contribution in [0.4, 0.5) is 0 Å². The molecule has 2 unspecified atom stereocenters. The second-order valence-electron chi connectivity index (χ2n) is 5.61. The van der Waals surface area contributed by atoms with Crippen molar-refractivity contribution in [3.05, 3.63) is 0 Å². The second kappa shape index (κ2) is 8.68. The van der Waals surface area contributed by atoms with Gasteiger partial charge in [0.15, 0.2) is 0 Å². The largest absolute Gasteiger partial charge is 0.328 e. The minimum absolute atomic E-state index is 0.290. The number of carbonyl (C=O) groups excluding carboxylic acids is 1. The summed E-state index contributed by atoms with van der Waals surface area (Å²) in [6.07, 6.45) is 12.8. The van der Waals surface area contributed by atoms with Gasteiger partial charge in [-0.2, -0.15) is 0 Å². The first kappa shape index (κ1) is 14.7. The number of nitrogens with two attached hydrogens (primary N) is 1. The highest BCUT2D eigenvalue weighted by molar-refractivity contribution is 5.81. The number of carbonyl (C=O) groups is 1. The summed E-state index contributed by atoms with van der Waals surface area (Å²) in [6, 6.07) is 0.290. The Hall–Kier alpha value is -0.370. The van der Waals surface area contributed by atoms with Gasteiger partial charge in [0, 0.05) is 18.4 Å². The monoisotopic (exact) mass is 239 g/mol. The van der Waals surface area contributed by atoms with Gasteiger partial charge in [0.25, 0.3) is 0 Å². The molecule has 0 aromatic heterocycles.